The fourth-order valence-electron chi connectivity index (χ4n) is 2.95. The molecule has 1 saturated heterocycles. The Bertz CT molecular complexity index is 531. The molecule has 7 nitrogen and oxygen atoms in total. The number of piperazine rings is 1. The van der Waals surface area contributed by atoms with Crippen molar-refractivity contribution in [1.82, 2.24) is 25.3 Å². The number of guanidine groups is 1. The second kappa shape index (κ2) is 9.75. The van der Waals surface area contributed by atoms with Crippen molar-refractivity contribution in [2.24, 2.45) is 10.9 Å². The van der Waals surface area contributed by atoms with Crippen molar-refractivity contribution in [3.8, 4) is 0 Å². The van der Waals surface area contributed by atoms with E-state index in [4.69, 9.17) is 9.52 Å². The van der Waals surface area contributed by atoms with Gasteiger partial charge in [-0.2, -0.15) is 4.98 Å². The smallest absolute Gasteiger partial charge is 0.228 e. The van der Waals surface area contributed by atoms with Crippen molar-refractivity contribution >= 4 is 5.96 Å². The average Bonchev–Trinajstić information content (AvgIpc) is 3.03. The lowest BCUT2D eigenvalue weighted by Gasteiger charge is -2.37. The molecule has 1 aromatic rings. The molecule has 2 rings (SSSR count). The maximum Gasteiger partial charge on any atom is 0.228 e. The molecule has 0 bridgehead atoms. The highest BCUT2D eigenvalue weighted by molar-refractivity contribution is 5.80. The van der Waals surface area contributed by atoms with Crippen LogP contribution in [0.5, 0.6) is 0 Å². The third-order valence-electron chi connectivity index (χ3n) is 4.22. The third kappa shape index (κ3) is 6.30. The van der Waals surface area contributed by atoms with Crippen LogP contribution in [0.1, 0.15) is 52.3 Å². The number of nitrogens with one attached hydrogen (secondary N) is 1. The molecule has 1 aliphatic heterocycles. The largest absolute Gasteiger partial charge is 0.357 e. The molecule has 0 amide bonds. The Balaban J connectivity index is 1.85. The van der Waals surface area contributed by atoms with Gasteiger partial charge < -0.3 is 14.7 Å². The van der Waals surface area contributed by atoms with E-state index in [1.54, 1.807) is 0 Å². The molecule has 1 aliphatic rings. The molecular formula is C18H34N6O. The Hall–Kier alpha value is -1.63. The summed E-state index contributed by atoms with van der Waals surface area (Å²) in [7, 11) is 0. The Labute approximate surface area is 151 Å². The summed E-state index contributed by atoms with van der Waals surface area (Å²) < 4.78 is 5.29. The molecule has 0 aliphatic carbocycles. The molecule has 142 valence electrons. The van der Waals surface area contributed by atoms with Crippen LogP contribution in [0.3, 0.4) is 0 Å². The third-order valence-corrected chi connectivity index (χ3v) is 4.22. The molecule has 0 atom stereocenters. The van der Waals surface area contributed by atoms with Crippen LogP contribution < -0.4 is 5.32 Å². The van der Waals surface area contributed by atoms with Crippen LogP contribution in [0.25, 0.3) is 0 Å². The van der Waals surface area contributed by atoms with Crippen molar-refractivity contribution in [1.29, 1.82) is 0 Å². The zero-order valence-corrected chi connectivity index (χ0v) is 16.5. The van der Waals surface area contributed by atoms with Crippen LogP contribution in [-0.2, 0) is 6.42 Å². The molecule has 7 heteroatoms. The second-order valence-electron chi connectivity index (χ2n) is 7.37. The lowest BCUT2D eigenvalue weighted by molar-refractivity contribution is 0.164. The van der Waals surface area contributed by atoms with Gasteiger partial charge in [-0.3, -0.25) is 9.89 Å². The molecule has 2 heterocycles. The lowest BCUT2D eigenvalue weighted by Crippen LogP contribution is -2.53. The van der Waals surface area contributed by atoms with Crippen LogP contribution in [-0.4, -0.2) is 71.7 Å². The number of rotatable bonds is 7. The average molecular weight is 351 g/mol. The maximum absolute atomic E-state index is 5.29. The minimum Gasteiger partial charge on any atom is -0.357 e. The van der Waals surface area contributed by atoms with Gasteiger partial charge in [0.1, 0.15) is 0 Å². The molecular weight excluding hydrogens is 316 g/mol. The van der Waals surface area contributed by atoms with E-state index in [9.17, 15) is 0 Å². The van der Waals surface area contributed by atoms with Crippen molar-refractivity contribution in [2.75, 3.05) is 45.8 Å². The fraction of sp³-hybridized carbons (Fsp3) is 0.833. The van der Waals surface area contributed by atoms with Crippen LogP contribution in [0.15, 0.2) is 9.52 Å². The molecule has 0 saturated carbocycles. The fourth-order valence-corrected chi connectivity index (χ4v) is 2.95. The highest BCUT2D eigenvalue weighted by Crippen LogP contribution is 2.10. The Kier molecular flexibility index (Phi) is 7.68. The van der Waals surface area contributed by atoms with E-state index >= 15 is 0 Å². The summed E-state index contributed by atoms with van der Waals surface area (Å²) in [6, 6.07) is 0. The molecule has 1 N–H and O–H groups in total. The van der Waals surface area contributed by atoms with E-state index in [1.165, 1.54) is 6.54 Å². The highest BCUT2D eigenvalue weighted by Gasteiger charge is 2.20. The van der Waals surface area contributed by atoms with Gasteiger partial charge >= 0.3 is 0 Å². The summed E-state index contributed by atoms with van der Waals surface area (Å²) >= 11 is 0. The SMILES string of the molecule is CCNC(=NCCc1nc(C(C)C)no1)N1CCN(CC(C)C)CC1. The van der Waals surface area contributed by atoms with Crippen LogP contribution in [0.2, 0.25) is 0 Å². The van der Waals surface area contributed by atoms with Gasteiger partial charge in [0.05, 0.1) is 6.54 Å². The zero-order chi connectivity index (χ0) is 18.2. The van der Waals surface area contributed by atoms with E-state index in [2.05, 4.69) is 59.9 Å². The summed E-state index contributed by atoms with van der Waals surface area (Å²) in [5.41, 5.74) is 0. The van der Waals surface area contributed by atoms with Gasteiger partial charge in [0.25, 0.3) is 0 Å². The molecule has 0 spiro atoms. The molecule has 0 aromatic carbocycles. The van der Waals surface area contributed by atoms with Gasteiger partial charge in [0.2, 0.25) is 5.89 Å². The molecule has 1 aromatic heterocycles. The number of nitrogens with zero attached hydrogens (tertiary/aromatic N) is 5. The summed E-state index contributed by atoms with van der Waals surface area (Å²) in [6.07, 6.45) is 0.682. The van der Waals surface area contributed by atoms with Gasteiger partial charge in [0, 0.05) is 51.6 Å². The Morgan fingerprint density at radius 3 is 2.48 bits per heavy atom. The van der Waals surface area contributed by atoms with Crippen LogP contribution >= 0.6 is 0 Å². The van der Waals surface area contributed by atoms with E-state index in [-0.39, 0.29) is 0 Å². The van der Waals surface area contributed by atoms with E-state index < -0.39 is 0 Å². The van der Waals surface area contributed by atoms with Gasteiger partial charge in [-0.15, -0.1) is 0 Å². The zero-order valence-electron chi connectivity index (χ0n) is 16.5. The first-order valence-electron chi connectivity index (χ1n) is 9.57. The first-order chi connectivity index (χ1) is 12.0. The Morgan fingerprint density at radius 1 is 1.20 bits per heavy atom. The first-order valence-corrected chi connectivity index (χ1v) is 9.57. The number of aromatic nitrogens is 2. The predicted molar refractivity (Wildman–Crippen MR) is 101 cm³/mol. The molecule has 0 radical (unpaired) electrons. The standard InChI is InChI=1S/C18H34N6O/c1-6-19-18(24-11-9-23(10-12-24)13-14(2)3)20-8-7-16-21-17(15(4)5)22-25-16/h14-15H,6-13H2,1-5H3,(H,19,20). The minimum absolute atomic E-state index is 0.292. The van der Waals surface area contributed by atoms with Crippen molar-refractivity contribution in [3.05, 3.63) is 11.7 Å². The van der Waals surface area contributed by atoms with Crippen molar-refractivity contribution < 1.29 is 4.52 Å². The lowest BCUT2D eigenvalue weighted by atomic mass is 10.2. The van der Waals surface area contributed by atoms with Gasteiger partial charge in [0.15, 0.2) is 11.8 Å². The normalized spacial score (nSPS) is 16.9. The van der Waals surface area contributed by atoms with Gasteiger partial charge in [-0.1, -0.05) is 32.9 Å². The van der Waals surface area contributed by atoms with E-state index in [0.29, 0.717) is 24.8 Å². The topological polar surface area (TPSA) is 69.8 Å². The predicted octanol–water partition coefficient (Wildman–Crippen LogP) is 1.97. The van der Waals surface area contributed by atoms with Crippen molar-refractivity contribution in [2.45, 2.75) is 47.0 Å². The van der Waals surface area contributed by atoms with Gasteiger partial charge in [-0.25, -0.2) is 0 Å². The molecule has 1 fully saturated rings. The summed E-state index contributed by atoms with van der Waals surface area (Å²) in [5, 5.41) is 7.41. The van der Waals surface area contributed by atoms with E-state index in [1.807, 2.05) is 0 Å². The monoisotopic (exact) mass is 350 g/mol. The number of hydrogen-bond donors (Lipinski definition) is 1. The van der Waals surface area contributed by atoms with Crippen molar-refractivity contribution in [3.63, 3.8) is 0 Å². The Morgan fingerprint density at radius 2 is 1.92 bits per heavy atom. The quantitative estimate of drug-likeness (QED) is 0.599. The first kappa shape index (κ1) is 19.7. The molecule has 0 unspecified atom stereocenters. The maximum atomic E-state index is 5.29. The number of hydrogen-bond acceptors (Lipinski definition) is 5. The van der Waals surface area contributed by atoms with E-state index in [0.717, 1.165) is 50.4 Å². The van der Waals surface area contributed by atoms with Crippen LogP contribution in [0.4, 0.5) is 0 Å². The summed E-state index contributed by atoms with van der Waals surface area (Å²) in [4.78, 5) is 14.1. The van der Waals surface area contributed by atoms with Gasteiger partial charge in [-0.05, 0) is 12.8 Å². The summed E-state index contributed by atoms with van der Waals surface area (Å²) in [5.74, 6) is 3.45. The second-order valence-corrected chi connectivity index (χ2v) is 7.37. The van der Waals surface area contributed by atoms with Crippen LogP contribution in [0, 0.1) is 5.92 Å². The summed E-state index contributed by atoms with van der Waals surface area (Å²) in [6.45, 7) is 17.8. The minimum atomic E-state index is 0.292. The number of aliphatic imine (C=N–C) groups is 1. The highest BCUT2D eigenvalue weighted by atomic mass is 16.5. The molecule has 25 heavy (non-hydrogen) atoms.